The van der Waals surface area contributed by atoms with Crippen LogP contribution in [0.4, 0.5) is 0 Å². The van der Waals surface area contributed by atoms with E-state index < -0.39 is 0 Å². The van der Waals surface area contributed by atoms with Crippen molar-refractivity contribution >= 4 is 5.91 Å². The molecule has 1 aliphatic heterocycles. The Morgan fingerprint density at radius 2 is 2.00 bits per heavy atom. The summed E-state index contributed by atoms with van der Waals surface area (Å²) in [4.78, 5) is 18.7. The van der Waals surface area contributed by atoms with Crippen LogP contribution >= 0.6 is 0 Å². The van der Waals surface area contributed by atoms with Gasteiger partial charge in [-0.2, -0.15) is 5.21 Å². The minimum atomic E-state index is -0.147. The zero-order chi connectivity index (χ0) is 19.3. The van der Waals surface area contributed by atoms with Gasteiger partial charge < -0.3 is 18.8 Å². The second kappa shape index (κ2) is 8.07. The number of nitrogens with one attached hydrogen (secondary N) is 1. The van der Waals surface area contributed by atoms with Crippen LogP contribution in [0.25, 0.3) is 0 Å². The number of benzene rings is 1. The van der Waals surface area contributed by atoms with E-state index in [-0.39, 0.29) is 24.1 Å². The van der Waals surface area contributed by atoms with Crippen LogP contribution in [0.2, 0.25) is 0 Å². The summed E-state index contributed by atoms with van der Waals surface area (Å²) in [6, 6.07) is 7.19. The van der Waals surface area contributed by atoms with Crippen molar-refractivity contribution in [1.82, 2.24) is 30.5 Å². The van der Waals surface area contributed by atoms with E-state index in [1.165, 1.54) is 6.26 Å². The number of piperidine rings is 1. The molecule has 10 heteroatoms. The van der Waals surface area contributed by atoms with Crippen LogP contribution in [0.15, 0.2) is 34.9 Å². The molecular weight excluding hydrogens is 364 g/mol. The molecule has 3 heterocycles. The molecule has 4 rings (SSSR count). The number of aromatic nitrogens is 5. The molecule has 28 heavy (non-hydrogen) atoms. The lowest BCUT2D eigenvalue weighted by atomic mass is 9.96. The molecule has 3 aromatic rings. The summed E-state index contributed by atoms with van der Waals surface area (Å²) in [6.45, 7) is 1.37. The van der Waals surface area contributed by atoms with E-state index in [1.807, 2.05) is 0 Å². The molecule has 2 aromatic heterocycles. The Kier molecular flexibility index (Phi) is 5.18. The number of aromatic amines is 1. The number of carbonyl (C=O) groups is 1. The number of rotatable bonds is 6. The molecule has 146 valence electrons. The van der Waals surface area contributed by atoms with E-state index in [2.05, 4.69) is 25.6 Å². The van der Waals surface area contributed by atoms with Crippen LogP contribution in [0.5, 0.6) is 11.5 Å². The van der Waals surface area contributed by atoms with Crippen molar-refractivity contribution in [2.24, 2.45) is 0 Å². The number of carbonyl (C=O) groups excluding carboxylic acids is 1. The van der Waals surface area contributed by atoms with Gasteiger partial charge in [-0.05, 0) is 37.1 Å². The number of hydrogen-bond donors (Lipinski definition) is 1. The highest BCUT2D eigenvalue weighted by molar-refractivity contribution is 5.92. The van der Waals surface area contributed by atoms with Crippen LogP contribution in [-0.4, -0.2) is 56.6 Å². The van der Waals surface area contributed by atoms with Gasteiger partial charge in [0.05, 0.1) is 7.11 Å². The standard InChI is InChI=1S/C18H20N6O4/c1-26-13-2-4-14(5-3-13)27-11-16-19-15(10-28-16)18(25)24-8-6-12(7-9-24)17-20-22-23-21-17/h2-5,10,12H,6-9,11H2,1H3,(H,20,21,22,23). The van der Waals surface area contributed by atoms with Crippen molar-refractivity contribution in [3.63, 3.8) is 0 Å². The molecule has 0 unspecified atom stereocenters. The van der Waals surface area contributed by atoms with Gasteiger partial charge in [0.25, 0.3) is 5.91 Å². The second-order valence-electron chi connectivity index (χ2n) is 6.43. The average molecular weight is 384 g/mol. The molecule has 0 radical (unpaired) electrons. The number of methoxy groups -OCH3 is 1. The first-order chi connectivity index (χ1) is 13.7. The van der Waals surface area contributed by atoms with E-state index in [0.29, 0.717) is 30.6 Å². The molecule has 1 aliphatic rings. The molecule has 1 saturated heterocycles. The Balaban J connectivity index is 1.30. The number of likely N-dealkylation sites (tertiary alicyclic amines) is 1. The lowest BCUT2D eigenvalue weighted by molar-refractivity contribution is 0.0705. The molecular formula is C18H20N6O4. The van der Waals surface area contributed by atoms with E-state index in [1.54, 1.807) is 36.3 Å². The molecule has 0 spiro atoms. The van der Waals surface area contributed by atoms with E-state index >= 15 is 0 Å². The molecule has 1 N–H and O–H groups in total. The SMILES string of the molecule is COc1ccc(OCc2nc(C(=O)N3CCC(c4nn[nH]n4)CC3)co2)cc1. The maximum atomic E-state index is 12.6. The fraction of sp³-hybridized carbons (Fsp3) is 0.389. The van der Waals surface area contributed by atoms with Crippen LogP contribution in [0.1, 0.15) is 41.0 Å². The third kappa shape index (κ3) is 3.95. The predicted molar refractivity (Wildman–Crippen MR) is 95.9 cm³/mol. The molecule has 0 aliphatic carbocycles. The first-order valence-electron chi connectivity index (χ1n) is 8.97. The maximum Gasteiger partial charge on any atom is 0.275 e. The van der Waals surface area contributed by atoms with Crippen molar-refractivity contribution in [3.05, 3.63) is 47.9 Å². The Morgan fingerprint density at radius 1 is 1.25 bits per heavy atom. The maximum absolute atomic E-state index is 12.6. The summed E-state index contributed by atoms with van der Waals surface area (Å²) in [6.07, 6.45) is 2.95. The van der Waals surface area contributed by atoms with Gasteiger partial charge >= 0.3 is 0 Å². The fourth-order valence-electron chi connectivity index (χ4n) is 3.14. The van der Waals surface area contributed by atoms with Gasteiger partial charge in [0.15, 0.2) is 18.1 Å². The molecule has 0 saturated carbocycles. The van der Waals surface area contributed by atoms with Gasteiger partial charge in [-0.25, -0.2) is 4.98 Å². The van der Waals surface area contributed by atoms with Gasteiger partial charge in [-0.15, -0.1) is 10.2 Å². The van der Waals surface area contributed by atoms with Crippen LogP contribution in [0, 0.1) is 0 Å². The highest BCUT2D eigenvalue weighted by atomic mass is 16.5. The molecule has 1 fully saturated rings. The fourth-order valence-corrected chi connectivity index (χ4v) is 3.14. The number of tetrazole rings is 1. The monoisotopic (exact) mass is 384 g/mol. The lowest BCUT2D eigenvalue weighted by Gasteiger charge is -2.29. The van der Waals surface area contributed by atoms with E-state index in [0.717, 1.165) is 18.6 Å². The Labute approximate surface area is 160 Å². The summed E-state index contributed by atoms with van der Waals surface area (Å²) in [5, 5.41) is 14.1. The molecule has 0 bridgehead atoms. The number of oxazole rings is 1. The summed E-state index contributed by atoms with van der Waals surface area (Å²) < 4.78 is 16.1. The van der Waals surface area contributed by atoms with Gasteiger partial charge in [-0.3, -0.25) is 4.79 Å². The second-order valence-corrected chi connectivity index (χ2v) is 6.43. The van der Waals surface area contributed by atoms with Crippen molar-refractivity contribution < 1.29 is 18.7 Å². The topological polar surface area (TPSA) is 119 Å². The molecule has 0 atom stereocenters. The minimum Gasteiger partial charge on any atom is -0.497 e. The summed E-state index contributed by atoms with van der Waals surface area (Å²) in [7, 11) is 1.61. The Hall–Kier alpha value is -3.43. The predicted octanol–water partition coefficient (Wildman–Crippen LogP) is 1.80. The Bertz CT molecular complexity index is 901. The normalized spacial score (nSPS) is 14.8. The van der Waals surface area contributed by atoms with Crippen molar-refractivity contribution in [2.75, 3.05) is 20.2 Å². The summed E-state index contributed by atoms with van der Waals surface area (Å²) >= 11 is 0. The number of H-pyrrole nitrogens is 1. The van der Waals surface area contributed by atoms with E-state index in [4.69, 9.17) is 13.9 Å². The first-order valence-corrected chi connectivity index (χ1v) is 8.97. The van der Waals surface area contributed by atoms with Crippen molar-refractivity contribution in [2.45, 2.75) is 25.4 Å². The quantitative estimate of drug-likeness (QED) is 0.683. The van der Waals surface area contributed by atoms with E-state index in [9.17, 15) is 4.79 Å². The van der Waals surface area contributed by atoms with Gasteiger partial charge in [0.2, 0.25) is 5.89 Å². The first kappa shape index (κ1) is 18.0. The summed E-state index contributed by atoms with van der Waals surface area (Å²) in [5.74, 6) is 2.53. The zero-order valence-electron chi connectivity index (χ0n) is 15.4. The van der Waals surface area contributed by atoms with Crippen LogP contribution in [0.3, 0.4) is 0 Å². The molecule has 1 amide bonds. The van der Waals surface area contributed by atoms with Crippen LogP contribution in [-0.2, 0) is 6.61 Å². The molecule has 1 aromatic carbocycles. The largest absolute Gasteiger partial charge is 0.497 e. The highest BCUT2D eigenvalue weighted by Crippen LogP contribution is 2.25. The van der Waals surface area contributed by atoms with Crippen LogP contribution < -0.4 is 9.47 Å². The van der Waals surface area contributed by atoms with Gasteiger partial charge in [0.1, 0.15) is 17.8 Å². The van der Waals surface area contributed by atoms with Crippen molar-refractivity contribution in [1.29, 1.82) is 0 Å². The minimum absolute atomic E-state index is 0.138. The number of amides is 1. The number of nitrogens with zero attached hydrogens (tertiary/aromatic N) is 5. The van der Waals surface area contributed by atoms with Gasteiger partial charge in [-0.1, -0.05) is 5.21 Å². The third-order valence-electron chi connectivity index (χ3n) is 4.70. The number of ether oxygens (including phenoxy) is 2. The number of hydrogen-bond acceptors (Lipinski definition) is 8. The van der Waals surface area contributed by atoms with Crippen molar-refractivity contribution in [3.8, 4) is 11.5 Å². The molecule has 10 nitrogen and oxygen atoms in total. The van der Waals surface area contributed by atoms with Gasteiger partial charge in [0, 0.05) is 19.0 Å². The Morgan fingerprint density at radius 3 is 2.68 bits per heavy atom. The zero-order valence-corrected chi connectivity index (χ0v) is 15.4. The lowest BCUT2D eigenvalue weighted by Crippen LogP contribution is -2.38. The summed E-state index contributed by atoms with van der Waals surface area (Å²) in [5.41, 5.74) is 0.284. The third-order valence-corrected chi connectivity index (χ3v) is 4.70. The average Bonchev–Trinajstić information content (AvgIpc) is 3.44. The highest BCUT2D eigenvalue weighted by Gasteiger charge is 2.28. The smallest absolute Gasteiger partial charge is 0.275 e.